The molecular formula is C12H16N4OS. The van der Waals surface area contributed by atoms with Crippen LogP contribution < -0.4 is 10.6 Å². The van der Waals surface area contributed by atoms with E-state index in [9.17, 15) is 5.11 Å². The van der Waals surface area contributed by atoms with E-state index in [4.69, 9.17) is 0 Å². The zero-order valence-electron chi connectivity index (χ0n) is 10.2. The van der Waals surface area contributed by atoms with E-state index in [1.165, 1.54) is 4.88 Å². The molecule has 1 aliphatic rings. The largest absolute Gasteiger partial charge is 0.385 e. The summed E-state index contributed by atoms with van der Waals surface area (Å²) in [6.07, 6.45) is 2.58. The standard InChI is InChI=1S/C12H16N4OS/c1-2-8-3-9-10(15-7-16-11(9)18-8)14-6-12(17)4-13-5-12/h3,7,13,17H,2,4-6H2,1H3,(H,14,15,16). The van der Waals surface area contributed by atoms with Gasteiger partial charge in [-0.25, -0.2) is 9.97 Å². The first-order valence-electron chi connectivity index (χ1n) is 6.10. The molecule has 1 saturated heterocycles. The number of hydrogen-bond donors (Lipinski definition) is 3. The van der Waals surface area contributed by atoms with Crippen LogP contribution in [0.25, 0.3) is 10.2 Å². The molecular weight excluding hydrogens is 248 g/mol. The first kappa shape index (κ1) is 11.8. The predicted molar refractivity (Wildman–Crippen MR) is 73.1 cm³/mol. The molecule has 1 fully saturated rings. The Bertz CT molecular complexity index is 564. The second-order valence-electron chi connectivity index (χ2n) is 4.69. The maximum atomic E-state index is 10.0. The fourth-order valence-electron chi connectivity index (χ4n) is 2.01. The average Bonchev–Trinajstić information content (AvgIpc) is 2.77. The molecule has 3 N–H and O–H groups in total. The third-order valence-corrected chi connectivity index (χ3v) is 4.41. The van der Waals surface area contributed by atoms with Crippen LogP contribution in [0.5, 0.6) is 0 Å². The van der Waals surface area contributed by atoms with Crippen molar-refractivity contribution in [3.63, 3.8) is 0 Å². The van der Waals surface area contributed by atoms with E-state index in [2.05, 4.69) is 33.6 Å². The average molecular weight is 264 g/mol. The Kier molecular flexibility index (Phi) is 2.93. The van der Waals surface area contributed by atoms with Crippen LogP contribution in [0.3, 0.4) is 0 Å². The molecule has 0 aromatic carbocycles. The zero-order valence-corrected chi connectivity index (χ0v) is 11.0. The number of fused-ring (bicyclic) bond motifs is 1. The summed E-state index contributed by atoms with van der Waals surface area (Å²) in [6, 6.07) is 2.13. The smallest absolute Gasteiger partial charge is 0.138 e. The van der Waals surface area contributed by atoms with Gasteiger partial charge >= 0.3 is 0 Å². The number of β-amino-alcohol motifs (C(OH)–C–C–N with tert-alkyl or cyclic N) is 1. The van der Waals surface area contributed by atoms with E-state index < -0.39 is 5.60 Å². The summed E-state index contributed by atoms with van der Waals surface area (Å²) < 4.78 is 0. The quantitative estimate of drug-likeness (QED) is 0.768. The van der Waals surface area contributed by atoms with E-state index in [-0.39, 0.29) is 0 Å². The van der Waals surface area contributed by atoms with Gasteiger partial charge in [0.05, 0.1) is 5.39 Å². The van der Waals surface area contributed by atoms with Crippen molar-refractivity contribution in [3.8, 4) is 0 Å². The second-order valence-corrected chi connectivity index (χ2v) is 5.80. The lowest BCUT2D eigenvalue weighted by atomic mass is 9.97. The Morgan fingerprint density at radius 1 is 1.50 bits per heavy atom. The minimum atomic E-state index is -0.638. The van der Waals surface area contributed by atoms with Gasteiger partial charge in [0.25, 0.3) is 0 Å². The van der Waals surface area contributed by atoms with Crippen LogP contribution in [-0.2, 0) is 6.42 Å². The summed E-state index contributed by atoms with van der Waals surface area (Å²) in [6.45, 7) is 3.92. The minimum Gasteiger partial charge on any atom is -0.385 e. The lowest BCUT2D eigenvalue weighted by Gasteiger charge is -2.37. The van der Waals surface area contributed by atoms with Gasteiger partial charge in [0, 0.05) is 24.5 Å². The maximum Gasteiger partial charge on any atom is 0.138 e. The first-order chi connectivity index (χ1) is 8.70. The number of rotatable bonds is 4. The van der Waals surface area contributed by atoms with E-state index >= 15 is 0 Å². The van der Waals surface area contributed by atoms with Gasteiger partial charge in [0.2, 0.25) is 0 Å². The molecule has 0 bridgehead atoms. The maximum absolute atomic E-state index is 10.0. The molecule has 3 heterocycles. The van der Waals surface area contributed by atoms with Crippen LogP contribution >= 0.6 is 11.3 Å². The van der Waals surface area contributed by atoms with Gasteiger partial charge in [0.1, 0.15) is 22.6 Å². The first-order valence-corrected chi connectivity index (χ1v) is 6.92. The minimum absolute atomic E-state index is 0.517. The Balaban J connectivity index is 1.84. The lowest BCUT2D eigenvalue weighted by molar-refractivity contribution is 0.00309. The third kappa shape index (κ3) is 2.07. The molecule has 2 aromatic heterocycles. The fourth-order valence-corrected chi connectivity index (χ4v) is 2.94. The SMILES string of the molecule is CCc1cc2c(NCC3(O)CNC3)ncnc2s1. The Morgan fingerprint density at radius 3 is 3.00 bits per heavy atom. The number of anilines is 1. The van der Waals surface area contributed by atoms with Crippen molar-refractivity contribution in [3.05, 3.63) is 17.3 Å². The van der Waals surface area contributed by atoms with Crippen LogP contribution in [-0.4, -0.2) is 40.3 Å². The molecule has 0 radical (unpaired) electrons. The molecule has 1 aliphatic heterocycles. The Hall–Kier alpha value is -1.24. The summed E-state index contributed by atoms with van der Waals surface area (Å²) in [7, 11) is 0. The number of hydrogen-bond acceptors (Lipinski definition) is 6. The predicted octanol–water partition coefficient (Wildman–Crippen LogP) is 1.000. The van der Waals surface area contributed by atoms with Crippen LogP contribution in [0.2, 0.25) is 0 Å². The summed E-state index contributed by atoms with van der Waals surface area (Å²) in [5.74, 6) is 0.816. The molecule has 0 aliphatic carbocycles. The van der Waals surface area contributed by atoms with Gasteiger partial charge in [-0.3, -0.25) is 0 Å². The van der Waals surface area contributed by atoms with Gasteiger partial charge in [-0.05, 0) is 12.5 Å². The highest BCUT2D eigenvalue weighted by atomic mass is 32.1. The topological polar surface area (TPSA) is 70.1 Å². The van der Waals surface area contributed by atoms with E-state index in [0.717, 1.165) is 22.5 Å². The zero-order chi connectivity index (χ0) is 12.6. The Morgan fingerprint density at radius 2 is 2.33 bits per heavy atom. The lowest BCUT2D eigenvalue weighted by Crippen LogP contribution is -2.63. The molecule has 0 amide bonds. The van der Waals surface area contributed by atoms with Crippen LogP contribution in [0.4, 0.5) is 5.82 Å². The molecule has 96 valence electrons. The number of thiophene rings is 1. The van der Waals surface area contributed by atoms with E-state index in [0.29, 0.717) is 19.6 Å². The summed E-state index contributed by atoms with van der Waals surface area (Å²) in [4.78, 5) is 10.9. The molecule has 6 heteroatoms. The highest BCUT2D eigenvalue weighted by Gasteiger charge is 2.34. The number of nitrogens with zero attached hydrogens (tertiary/aromatic N) is 2. The summed E-state index contributed by atoms with van der Waals surface area (Å²) >= 11 is 1.70. The van der Waals surface area contributed by atoms with Crippen molar-refractivity contribution in [2.75, 3.05) is 25.0 Å². The monoisotopic (exact) mass is 264 g/mol. The van der Waals surface area contributed by atoms with Crippen molar-refractivity contribution < 1.29 is 5.11 Å². The normalized spacial score (nSPS) is 17.7. The summed E-state index contributed by atoms with van der Waals surface area (Å²) in [5.41, 5.74) is -0.638. The van der Waals surface area contributed by atoms with Crippen molar-refractivity contribution in [2.24, 2.45) is 0 Å². The highest BCUT2D eigenvalue weighted by molar-refractivity contribution is 7.18. The molecule has 2 aromatic rings. The summed E-state index contributed by atoms with van der Waals surface area (Å²) in [5, 5.41) is 17.4. The van der Waals surface area contributed by atoms with Crippen molar-refractivity contribution in [2.45, 2.75) is 18.9 Å². The molecule has 0 saturated carbocycles. The number of nitrogens with one attached hydrogen (secondary N) is 2. The van der Waals surface area contributed by atoms with Gasteiger partial charge in [-0.1, -0.05) is 6.92 Å². The van der Waals surface area contributed by atoms with Crippen LogP contribution in [0.15, 0.2) is 12.4 Å². The molecule has 3 rings (SSSR count). The molecule has 0 atom stereocenters. The van der Waals surface area contributed by atoms with Gasteiger partial charge < -0.3 is 15.7 Å². The second kappa shape index (κ2) is 4.46. The van der Waals surface area contributed by atoms with E-state index in [1.807, 2.05) is 0 Å². The van der Waals surface area contributed by atoms with Gasteiger partial charge in [-0.15, -0.1) is 11.3 Å². The molecule has 0 unspecified atom stereocenters. The van der Waals surface area contributed by atoms with Gasteiger partial charge in [0.15, 0.2) is 0 Å². The van der Waals surface area contributed by atoms with Gasteiger partial charge in [-0.2, -0.15) is 0 Å². The van der Waals surface area contributed by atoms with E-state index in [1.54, 1.807) is 17.7 Å². The fraction of sp³-hybridized carbons (Fsp3) is 0.500. The molecule has 18 heavy (non-hydrogen) atoms. The molecule has 0 spiro atoms. The number of aliphatic hydroxyl groups is 1. The van der Waals surface area contributed by atoms with Crippen LogP contribution in [0, 0.1) is 0 Å². The molecule has 5 nitrogen and oxygen atoms in total. The van der Waals surface area contributed by atoms with Crippen LogP contribution in [0.1, 0.15) is 11.8 Å². The highest BCUT2D eigenvalue weighted by Crippen LogP contribution is 2.28. The van der Waals surface area contributed by atoms with Crippen molar-refractivity contribution in [1.29, 1.82) is 0 Å². The Labute approximate surface area is 109 Å². The number of aryl methyl sites for hydroxylation is 1. The van der Waals surface area contributed by atoms with Crippen molar-refractivity contribution >= 4 is 27.4 Å². The van der Waals surface area contributed by atoms with Crippen molar-refractivity contribution in [1.82, 2.24) is 15.3 Å². The third-order valence-electron chi connectivity index (χ3n) is 3.22. The number of aromatic nitrogens is 2.